The maximum atomic E-state index is 13.0. The molecule has 1 amide bonds. The molecule has 0 radical (unpaired) electrons. The number of rotatable bonds is 7. The van der Waals surface area contributed by atoms with E-state index in [0.29, 0.717) is 5.56 Å². The number of fused-ring (bicyclic) bond motifs is 1. The molecule has 0 bridgehead atoms. The summed E-state index contributed by atoms with van der Waals surface area (Å²) in [5, 5.41) is 24.3. The van der Waals surface area contributed by atoms with Gasteiger partial charge in [0, 0.05) is 25.0 Å². The Morgan fingerprint density at radius 2 is 1.77 bits per heavy atom. The molecule has 2 atom stereocenters. The van der Waals surface area contributed by atoms with Gasteiger partial charge in [-0.25, -0.2) is 4.79 Å². The second-order valence-corrected chi connectivity index (χ2v) is 10.2. The van der Waals surface area contributed by atoms with E-state index in [1.807, 2.05) is 42.5 Å². The number of benzene rings is 3. The molecule has 10 nitrogen and oxygen atoms in total. The third-order valence-electron chi connectivity index (χ3n) is 5.79. The van der Waals surface area contributed by atoms with E-state index in [1.54, 1.807) is 0 Å². The molecule has 0 saturated carbocycles. The van der Waals surface area contributed by atoms with E-state index in [2.05, 4.69) is 0 Å². The predicted octanol–water partition coefficient (Wildman–Crippen LogP) is 3.37. The molecule has 11 heteroatoms. The first-order valence-corrected chi connectivity index (χ1v) is 12.6. The Morgan fingerprint density at radius 1 is 1.11 bits per heavy atom. The molecule has 3 aromatic rings. The van der Waals surface area contributed by atoms with Crippen molar-refractivity contribution in [2.45, 2.75) is 31.3 Å². The molecule has 35 heavy (non-hydrogen) atoms. The Kier molecular flexibility index (Phi) is 6.75. The van der Waals surface area contributed by atoms with Gasteiger partial charge in [0.15, 0.2) is 0 Å². The Hall–Kier alpha value is -3.54. The van der Waals surface area contributed by atoms with Gasteiger partial charge in [-0.05, 0) is 34.0 Å². The van der Waals surface area contributed by atoms with Crippen LogP contribution >= 0.6 is 0 Å². The van der Waals surface area contributed by atoms with E-state index in [0.717, 1.165) is 27.5 Å². The van der Waals surface area contributed by atoms with Gasteiger partial charge in [0.05, 0.1) is 23.8 Å². The SMILES string of the molecule is CS(=O)(=O)O[C@H]1CN(C(=O)OCc2ccc([N+](=O)[O-])cc2)[C@](O)(Cc2ccc3ccccc3c2)C1. The lowest BCUT2D eigenvalue weighted by molar-refractivity contribution is -0.384. The van der Waals surface area contributed by atoms with Crippen molar-refractivity contribution in [3.8, 4) is 0 Å². The molecule has 0 unspecified atom stereocenters. The summed E-state index contributed by atoms with van der Waals surface area (Å²) in [7, 11) is -3.82. The van der Waals surface area contributed by atoms with Crippen molar-refractivity contribution in [2.75, 3.05) is 12.8 Å². The summed E-state index contributed by atoms with van der Waals surface area (Å²) in [5.41, 5.74) is -0.570. The summed E-state index contributed by atoms with van der Waals surface area (Å²) in [6, 6.07) is 18.9. The fourth-order valence-electron chi connectivity index (χ4n) is 4.25. The zero-order valence-corrected chi connectivity index (χ0v) is 19.7. The molecule has 1 heterocycles. The largest absolute Gasteiger partial charge is 0.444 e. The van der Waals surface area contributed by atoms with Gasteiger partial charge < -0.3 is 9.84 Å². The van der Waals surface area contributed by atoms with Crippen LogP contribution in [0.3, 0.4) is 0 Å². The first kappa shape index (κ1) is 24.6. The summed E-state index contributed by atoms with van der Waals surface area (Å²) in [6.45, 7) is -0.368. The van der Waals surface area contributed by atoms with Crippen molar-refractivity contribution >= 4 is 32.7 Å². The van der Waals surface area contributed by atoms with Gasteiger partial charge in [-0.15, -0.1) is 0 Å². The van der Waals surface area contributed by atoms with Crippen LogP contribution in [0.15, 0.2) is 66.7 Å². The molecule has 1 aliphatic heterocycles. The quantitative estimate of drug-likeness (QED) is 0.296. The van der Waals surface area contributed by atoms with E-state index in [4.69, 9.17) is 8.92 Å². The summed E-state index contributed by atoms with van der Waals surface area (Å²) in [6.07, 6.45) is -0.980. The molecule has 0 spiro atoms. The van der Waals surface area contributed by atoms with E-state index in [9.17, 15) is 28.4 Å². The molecule has 4 rings (SSSR count). The molecule has 0 aromatic heterocycles. The number of aliphatic hydroxyl groups is 1. The minimum absolute atomic E-state index is 0.0358. The van der Waals surface area contributed by atoms with E-state index >= 15 is 0 Å². The highest BCUT2D eigenvalue weighted by molar-refractivity contribution is 7.86. The van der Waals surface area contributed by atoms with Crippen LogP contribution in [-0.2, 0) is 32.1 Å². The van der Waals surface area contributed by atoms with Gasteiger partial charge >= 0.3 is 6.09 Å². The highest BCUT2D eigenvalue weighted by atomic mass is 32.2. The highest BCUT2D eigenvalue weighted by Gasteiger charge is 2.49. The zero-order valence-electron chi connectivity index (χ0n) is 18.9. The average Bonchev–Trinajstić information content (AvgIpc) is 3.11. The minimum Gasteiger partial charge on any atom is -0.444 e. The van der Waals surface area contributed by atoms with Gasteiger partial charge in [-0.1, -0.05) is 42.5 Å². The predicted molar refractivity (Wildman–Crippen MR) is 127 cm³/mol. The summed E-state index contributed by atoms with van der Waals surface area (Å²) in [4.78, 5) is 24.3. The lowest BCUT2D eigenvalue weighted by Gasteiger charge is -2.32. The first-order chi connectivity index (χ1) is 16.5. The van der Waals surface area contributed by atoms with Crippen LogP contribution in [0.2, 0.25) is 0 Å². The summed E-state index contributed by atoms with van der Waals surface area (Å²) in [5.74, 6) is 0. The second kappa shape index (κ2) is 9.61. The molecule has 1 saturated heterocycles. The van der Waals surface area contributed by atoms with Crippen LogP contribution in [-0.4, -0.2) is 54.1 Å². The van der Waals surface area contributed by atoms with Crippen LogP contribution < -0.4 is 0 Å². The molecule has 0 aliphatic carbocycles. The van der Waals surface area contributed by atoms with Crippen molar-refractivity contribution in [3.63, 3.8) is 0 Å². The highest BCUT2D eigenvalue weighted by Crippen LogP contribution is 2.34. The Labute approximate surface area is 202 Å². The van der Waals surface area contributed by atoms with Crippen molar-refractivity contribution in [1.82, 2.24) is 4.90 Å². The molecule has 1 fully saturated rings. The Balaban J connectivity index is 1.53. The van der Waals surface area contributed by atoms with Gasteiger partial charge in [0.2, 0.25) is 0 Å². The van der Waals surface area contributed by atoms with Crippen LogP contribution in [0.1, 0.15) is 17.5 Å². The molecular weight excluding hydrogens is 476 g/mol. The Morgan fingerprint density at radius 3 is 2.43 bits per heavy atom. The maximum absolute atomic E-state index is 13.0. The second-order valence-electron chi connectivity index (χ2n) is 8.56. The van der Waals surface area contributed by atoms with E-state index < -0.39 is 33.0 Å². The van der Waals surface area contributed by atoms with E-state index in [1.165, 1.54) is 24.3 Å². The zero-order chi connectivity index (χ0) is 25.2. The standard InChI is InChI=1S/C24H24N2O8S/c1-35(31,32)34-22-14-24(28,13-18-6-9-19-4-2-3-5-20(19)12-18)25(15-22)23(27)33-16-17-7-10-21(11-8-17)26(29)30/h2-12,22,28H,13-16H2,1H3/t22-,24+/m1/s1. The number of nitrogens with zero attached hydrogens (tertiary/aromatic N) is 2. The number of likely N-dealkylation sites (tertiary alicyclic amines) is 1. The fourth-order valence-corrected chi connectivity index (χ4v) is 4.87. The van der Waals surface area contributed by atoms with Gasteiger partial charge in [0.25, 0.3) is 15.8 Å². The van der Waals surface area contributed by atoms with Gasteiger partial charge in [0.1, 0.15) is 12.3 Å². The number of hydrogen-bond acceptors (Lipinski definition) is 8. The third-order valence-corrected chi connectivity index (χ3v) is 6.41. The third kappa shape index (κ3) is 5.94. The number of non-ortho nitro benzene ring substituents is 1. The van der Waals surface area contributed by atoms with E-state index in [-0.39, 0.29) is 31.7 Å². The molecular formula is C24H24N2O8S. The van der Waals surface area contributed by atoms with Crippen LogP contribution in [0.25, 0.3) is 10.8 Å². The molecule has 3 aromatic carbocycles. The fraction of sp³-hybridized carbons (Fsp3) is 0.292. The van der Waals surface area contributed by atoms with Crippen LogP contribution in [0, 0.1) is 10.1 Å². The summed E-state index contributed by atoms with van der Waals surface area (Å²) >= 11 is 0. The minimum atomic E-state index is -3.82. The number of amides is 1. The molecule has 184 valence electrons. The number of ether oxygens (including phenoxy) is 1. The maximum Gasteiger partial charge on any atom is 0.412 e. The lowest BCUT2D eigenvalue weighted by Crippen LogP contribution is -2.49. The van der Waals surface area contributed by atoms with Crippen LogP contribution in [0.5, 0.6) is 0 Å². The topological polar surface area (TPSA) is 136 Å². The number of nitro groups is 1. The van der Waals surface area contributed by atoms with Gasteiger partial charge in [-0.2, -0.15) is 8.42 Å². The molecule has 1 N–H and O–H groups in total. The average molecular weight is 501 g/mol. The normalized spacial score (nSPS) is 20.2. The molecule has 1 aliphatic rings. The first-order valence-electron chi connectivity index (χ1n) is 10.8. The Bertz CT molecular complexity index is 1360. The number of carbonyl (C=O) groups is 1. The van der Waals surface area contributed by atoms with Crippen molar-refractivity contribution in [2.24, 2.45) is 0 Å². The summed E-state index contributed by atoms with van der Waals surface area (Å²) < 4.78 is 33.8. The van der Waals surface area contributed by atoms with Crippen molar-refractivity contribution in [3.05, 3.63) is 88.0 Å². The van der Waals surface area contributed by atoms with Crippen molar-refractivity contribution in [1.29, 1.82) is 0 Å². The number of hydrogen-bond donors (Lipinski definition) is 1. The monoisotopic (exact) mass is 500 g/mol. The smallest absolute Gasteiger partial charge is 0.412 e. The number of carbonyl (C=O) groups excluding carboxylic acids is 1. The van der Waals surface area contributed by atoms with Gasteiger partial charge in [-0.3, -0.25) is 19.2 Å². The lowest BCUT2D eigenvalue weighted by atomic mass is 9.97. The number of nitro benzene ring substituents is 1. The van der Waals surface area contributed by atoms with Crippen molar-refractivity contribution < 1.29 is 32.2 Å². The van der Waals surface area contributed by atoms with Crippen LogP contribution in [0.4, 0.5) is 10.5 Å².